The Morgan fingerprint density at radius 3 is 2.52 bits per heavy atom. The fourth-order valence-electron chi connectivity index (χ4n) is 3.75. The number of anilines is 2. The minimum Gasteiger partial charge on any atom is -0.412 e. The zero-order chi connectivity index (χ0) is 17.1. The molecule has 3 heterocycles. The van der Waals surface area contributed by atoms with Crippen molar-refractivity contribution in [3.63, 3.8) is 0 Å². The number of amides is 1. The third kappa shape index (κ3) is 4.56. The maximum absolute atomic E-state index is 12.5. The summed E-state index contributed by atoms with van der Waals surface area (Å²) in [4.78, 5) is 21.7. The van der Waals surface area contributed by atoms with Gasteiger partial charge in [-0.25, -0.2) is 4.98 Å². The maximum Gasteiger partial charge on any atom is 0.252 e. The van der Waals surface area contributed by atoms with Gasteiger partial charge in [0.1, 0.15) is 12.0 Å². The Labute approximate surface area is 160 Å². The van der Waals surface area contributed by atoms with Crippen molar-refractivity contribution in [1.29, 1.82) is 0 Å². The second kappa shape index (κ2) is 9.34. The molecule has 4 rings (SSSR count). The molecule has 1 aromatic carbocycles. The van der Waals surface area contributed by atoms with Crippen LogP contribution in [0.15, 0.2) is 48.7 Å². The first-order chi connectivity index (χ1) is 12.3. The van der Waals surface area contributed by atoms with Crippen molar-refractivity contribution in [2.45, 2.75) is 31.8 Å². The normalized spacial score (nSPS) is 18.6. The number of carbonyl (C=O) groups is 1. The van der Waals surface area contributed by atoms with Crippen molar-refractivity contribution >= 4 is 17.4 Å². The lowest BCUT2D eigenvalue weighted by Crippen LogP contribution is -2.44. The molecule has 0 bridgehead atoms. The van der Waals surface area contributed by atoms with Crippen molar-refractivity contribution in [3.05, 3.63) is 54.2 Å². The average molecular weight is 371 g/mol. The molecular formula is C20H29N5O2. The predicted octanol–water partition coefficient (Wildman–Crippen LogP) is 2.38. The summed E-state index contributed by atoms with van der Waals surface area (Å²) in [5.74, 6) is 0.938. The average Bonchev–Trinajstić information content (AvgIpc) is 3.35. The molecule has 1 unspecified atom stereocenters. The summed E-state index contributed by atoms with van der Waals surface area (Å²) in [7, 11) is 0. The topological polar surface area (TPSA) is 115 Å². The van der Waals surface area contributed by atoms with Gasteiger partial charge in [0.15, 0.2) is 0 Å². The van der Waals surface area contributed by atoms with Gasteiger partial charge in [0.05, 0.1) is 0 Å². The zero-order valence-electron chi connectivity index (χ0n) is 15.6. The molecule has 1 aromatic heterocycles. The fraction of sp³-hybridized carbons (Fsp3) is 0.400. The molecule has 6 N–H and O–H groups in total. The smallest absolute Gasteiger partial charge is 0.252 e. The van der Waals surface area contributed by atoms with Crippen LogP contribution in [0.1, 0.15) is 36.0 Å². The molecule has 2 saturated heterocycles. The Kier molecular flexibility index (Phi) is 7.15. The lowest BCUT2D eigenvalue weighted by molar-refractivity contribution is 0.0938. The standard InChI is InChI=1S/C20H24N4O.H3N.H2O/c25-20(16-7-2-1-3-8-16)22-18-9-6-14-24(18)19-15-17(10-11-21-19)23-12-4-5-13-23;;/h1-3,7-8,10-11,15,18H,4-6,9,12-14H2,(H,22,25);1H3;1H2. The molecule has 2 aliphatic heterocycles. The Morgan fingerprint density at radius 2 is 1.78 bits per heavy atom. The number of carbonyl (C=O) groups excluding carboxylic acids is 1. The molecule has 0 aliphatic carbocycles. The van der Waals surface area contributed by atoms with Gasteiger partial charge in [0, 0.05) is 43.1 Å². The van der Waals surface area contributed by atoms with Gasteiger partial charge in [0.2, 0.25) is 0 Å². The zero-order valence-corrected chi connectivity index (χ0v) is 15.6. The third-order valence-corrected chi connectivity index (χ3v) is 5.08. The number of hydrogen-bond acceptors (Lipinski definition) is 5. The van der Waals surface area contributed by atoms with Crippen LogP contribution in [0, 0.1) is 0 Å². The van der Waals surface area contributed by atoms with Gasteiger partial charge in [-0.2, -0.15) is 0 Å². The van der Waals surface area contributed by atoms with Gasteiger partial charge >= 0.3 is 0 Å². The molecule has 2 fully saturated rings. The van der Waals surface area contributed by atoms with E-state index in [9.17, 15) is 4.79 Å². The second-order valence-corrected chi connectivity index (χ2v) is 6.76. The number of aromatic nitrogens is 1. The lowest BCUT2D eigenvalue weighted by Gasteiger charge is -2.28. The first kappa shape index (κ1) is 20.7. The predicted molar refractivity (Wildman–Crippen MR) is 109 cm³/mol. The van der Waals surface area contributed by atoms with Crippen LogP contribution in [-0.4, -0.2) is 42.2 Å². The van der Waals surface area contributed by atoms with Crippen molar-refractivity contribution in [2.24, 2.45) is 0 Å². The van der Waals surface area contributed by atoms with Crippen LogP contribution in [-0.2, 0) is 0 Å². The van der Waals surface area contributed by atoms with E-state index in [1.807, 2.05) is 36.5 Å². The Morgan fingerprint density at radius 1 is 1.04 bits per heavy atom. The minimum absolute atomic E-state index is 0. The molecule has 2 aliphatic rings. The number of pyridine rings is 1. The summed E-state index contributed by atoms with van der Waals surface area (Å²) in [6, 6.07) is 13.7. The molecular weight excluding hydrogens is 342 g/mol. The third-order valence-electron chi connectivity index (χ3n) is 5.08. The van der Waals surface area contributed by atoms with Crippen molar-refractivity contribution in [2.75, 3.05) is 29.4 Å². The van der Waals surface area contributed by atoms with Crippen LogP contribution < -0.4 is 21.3 Å². The first-order valence-electron chi connectivity index (χ1n) is 9.15. The first-order valence-corrected chi connectivity index (χ1v) is 9.15. The summed E-state index contributed by atoms with van der Waals surface area (Å²) in [5, 5.41) is 3.17. The molecule has 0 spiro atoms. The van der Waals surface area contributed by atoms with Crippen LogP contribution in [0.25, 0.3) is 0 Å². The van der Waals surface area contributed by atoms with E-state index in [4.69, 9.17) is 0 Å². The second-order valence-electron chi connectivity index (χ2n) is 6.76. The van der Waals surface area contributed by atoms with E-state index in [1.54, 1.807) is 0 Å². The molecule has 0 radical (unpaired) electrons. The monoisotopic (exact) mass is 371 g/mol. The van der Waals surface area contributed by atoms with E-state index in [0.717, 1.165) is 38.3 Å². The number of hydrogen-bond donors (Lipinski definition) is 2. The molecule has 7 nitrogen and oxygen atoms in total. The Hall–Kier alpha value is -2.64. The molecule has 7 heteroatoms. The molecule has 2 aromatic rings. The summed E-state index contributed by atoms with van der Waals surface area (Å²) in [6.07, 6.45) is 6.43. The van der Waals surface area contributed by atoms with Crippen LogP contribution in [0.5, 0.6) is 0 Å². The van der Waals surface area contributed by atoms with Crippen LogP contribution >= 0.6 is 0 Å². The maximum atomic E-state index is 12.5. The van der Waals surface area contributed by atoms with Crippen molar-refractivity contribution in [1.82, 2.24) is 16.5 Å². The molecule has 1 atom stereocenters. The van der Waals surface area contributed by atoms with E-state index in [1.165, 1.54) is 18.5 Å². The van der Waals surface area contributed by atoms with E-state index >= 15 is 0 Å². The van der Waals surface area contributed by atoms with Crippen molar-refractivity contribution < 1.29 is 10.3 Å². The van der Waals surface area contributed by atoms with Gasteiger partial charge in [-0.3, -0.25) is 4.79 Å². The molecule has 27 heavy (non-hydrogen) atoms. The van der Waals surface area contributed by atoms with Crippen LogP contribution in [0.3, 0.4) is 0 Å². The molecule has 1 amide bonds. The number of rotatable bonds is 4. The van der Waals surface area contributed by atoms with E-state index < -0.39 is 0 Å². The number of nitrogens with one attached hydrogen (secondary N) is 1. The van der Waals surface area contributed by atoms with Crippen LogP contribution in [0.4, 0.5) is 11.5 Å². The Balaban J connectivity index is 0.00000131. The minimum atomic E-state index is -0.0202. The van der Waals surface area contributed by atoms with Gasteiger partial charge in [-0.15, -0.1) is 0 Å². The number of nitrogens with zero attached hydrogens (tertiary/aromatic N) is 3. The fourth-order valence-corrected chi connectivity index (χ4v) is 3.75. The van der Waals surface area contributed by atoms with Gasteiger partial charge in [-0.1, -0.05) is 18.2 Å². The largest absolute Gasteiger partial charge is 0.412 e. The van der Waals surface area contributed by atoms with E-state index in [2.05, 4.69) is 32.2 Å². The quantitative estimate of drug-likeness (QED) is 0.856. The van der Waals surface area contributed by atoms with Crippen molar-refractivity contribution in [3.8, 4) is 0 Å². The van der Waals surface area contributed by atoms with Gasteiger partial charge in [-0.05, 0) is 43.9 Å². The summed E-state index contributed by atoms with van der Waals surface area (Å²) in [6.45, 7) is 3.17. The van der Waals surface area contributed by atoms with E-state index in [-0.39, 0.29) is 23.7 Å². The summed E-state index contributed by atoms with van der Waals surface area (Å²) >= 11 is 0. The van der Waals surface area contributed by atoms with Crippen LogP contribution in [0.2, 0.25) is 0 Å². The van der Waals surface area contributed by atoms with Gasteiger partial charge < -0.3 is 26.7 Å². The summed E-state index contributed by atoms with van der Waals surface area (Å²) < 4.78 is 0. The highest BCUT2D eigenvalue weighted by molar-refractivity contribution is 5.94. The molecule has 0 saturated carbocycles. The SMILES string of the molecule is N.O.O=C(NC1CCCN1c1cc(N2CCCC2)ccn1)c1ccccc1. The Bertz CT molecular complexity index is 734. The van der Waals surface area contributed by atoms with E-state index in [0.29, 0.717) is 5.56 Å². The number of benzene rings is 1. The highest BCUT2D eigenvalue weighted by Gasteiger charge is 2.28. The van der Waals surface area contributed by atoms with Gasteiger partial charge in [0.25, 0.3) is 5.91 Å². The summed E-state index contributed by atoms with van der Waals surface area (Å²) in [5.41, 5.74) is 1.94. The highest BCUT2D eigenvalue weighted by atomic mass is 16.1. The molecule has 146 valence electrons. The lowest BCUT2D eigenvalue weighted by atomic mass is 10.2. The highest BCUT2D eigenvalue weighted by Crippen LogP contribution is 2.27.